The van der Waals surface area contributed by atoms with Crippen molar-refractivity contribution in [2.45, 2.75) is 50.6 Å². The Morgan fingerprint density at radius 1 is 0.947 bits per heavy atom. The molecule has 0 saturated heterocycles. The predicted octanol–water partition coefficient (Wildman–Crippen LogP) is 5.18. The van der Waals surface area contributed by atoms with Gasteiger partial charge in [-0.2, -0.15) is 0 Å². The van der Waals surface area contributed by atoms with E-state index in [4.69, 9.17) is 18.6 Å². The molecule has 1 aromatic heterocycles. The summed E-state index contributed by atoms with van der Waals surface area (Å²) in [5.74, 6) is 0.776. The average molecular weight is 521 g/mol. The molecule has 0 unspecified atom stereocenters. The first-order valence-corrected chi connectivity index (χ1v) is 13.0. The number of carbonyl (C=O) groups excluding carboxylic acids is 2. The number of furan rings is 1. The van der Waals surface area contributed by atoms with E-state index in [9.17, 15) is 9.59 Å². The fourth-order valence-corrected chi connectivity index (χ4v) is 5.04. The van der Waals surface area contributed by atoms with Crippen LogP contribution in [0.5, 0.6) is 17.2 Å². The largest absolute Gasteiger partial charge is 0.493 e. The van der Waals surface area contributed by atoms with Crippen LogP contribution >= 0.6 is 0 Å². The van der Waals surface area contributed by atoms with Gasteiger partial charge >= 0.3 is 0 Å². The SMILES string of the molecule is COc1cc([C@@H](C(=O)NC2CCCCC2)N(CCc2ccccc2)C(=O)c2ccco2)cc(OC)c1OC. The van der Waals surface area contributed by atoms with Crippen molar-refractivity contribution in [3.63, 3.8) is 0 Å². The van der Waals surface area contributed by atoms with E-state index in [-0.39, 0.29) is 23.6 Å². The molecule has 2 aromatic carbocycles. The van der Waals surface area contributed by atoms with Gasteiger partial charge in [-0.25, -0.2) is 0 Å². The van der Waals surface area contributed by atoms with E-state index in [1.807, 2.05) is 30.3 Å². The van der Waals surface area contributed by atoms with E-state index in [1.54, 1.807) is 29.2 Å². The summed E-state index contributed by atoms with van der Waals surface area (Å²) >= 11 is 0. The van der Waals surface area contributed by atoms with Crippen molar-refractivity contribution < 1.29 is 28.2 Å². The van der Waals surface area contributed by atoms with Crippen LogP contribution in [0.1, 0.15) is 59.8 Å². The summed E-state index contributed by atoms with van der Waals surface area (Å²) < 4.78 is 22.1. The van der Waals surface area contributed by atoms with E-state index >= 15 is 0 Å². The van der Waals surface area contributed by atoms with Crippen molar-refractivity contribution in [3.05, 3.63) is 77.7 Å². The van der Waals surface area contributed by atoms with E-state index in [0.29, 0.717) is 35.8 Å². The number of carbonyl (C=O) groups is 2. The van der Waals surface area contributed by atoms with E-state index in [1.165, 1.54) is 34.0 Å². The average Bonchev–Trinajstić information content (AvgIpc) is 3.50. The molecule has 0 aliphatic heterocycles. The second-order valence-electron chi connectivity index (χ2n) is 9.42. The van der Waals surface area contributed by atoms with E-state index in [2.05, 4.69) is 5.32 Å². The molecule has 1 atom stereocenters. The van der Waals surface area contributed by atoms with Crippen LogP contribution in [0.3, 0.4) is 0 Å². The molecule has 1 N–H and O–H groups in total. The minimum absolute atomic E-state index is 0.0653. The molecule has 0 spiro atoms. The van der Waals surface area contributed by atoms with Crippen molar-refractivity contribution in [1.82, 2.24) is 10.2 Å². The highest BCUT2D eigenvalue weighted by atomic mass is 16.5. The third-order valence-electron chi connectivity index (χ3n) is 6.99. The van der Waals surface area contributed by atoms with Gasteiger partial charge in [0.05, 0.1) is 27.6 Å². The molecule has 8 heteroatoms. The molecular formula is C30H36N2O6. The number of ether oxygens (including phenoxy) is 3. The Kier molecular flexibility index (Phi) is 9.30. The molecule has 1 heterocycles. The maximum atomic E-state index is 14.0. The Balaban J connectivity index is 1.78. The highest BCUT2D eigenvalue weighted by Gasteiger charge is 2.35. The minimum atomic E-state index is -0.952. The van der Waals surface area contributed by atoms with Gasteiger partial charge in [0.25, 0.3) is 5.91 Å². The Hall–Kier alpha value is -3.94. The summed E-state index contributed by atoms with van der Waals surface area (Å²) in [7, 11) is 4.58. The van der Waals surface area contributed by atoms with Gasteiger partial charge in [-0.3, -0.25) is 9.59 Å². The number of amides is 2. The standard InChI is InChI=1S/C30H36N2O6/c1-35-25-19-22(20-26(36-2)28(25)37-3)27(29(33)31-23-13-8-5-9-14-23)32(30(34)24-15-10-18-38-24)17-16-21-11-6-4-7-12-21/h4,6-7,10-12,15,18-20,23,27H,5,8-9,13-14,16-17H2,1-3H3,(H,31,33)/t27-/m0/s1. The monoisotopic (exact) mass is 520 g/mol. The third kappa shape index (κ3) is 6.30. The molecule has 8 nitrogen and oxygen atoms in total. The lowest BCUT2D eigenvalue weighted by molar-refractivity contribution is -0.126. The Morgan fingerprint density at radius 3 is 2.21 bits per heavy atom. The number of nitrogens with zero attached hydrogens (tertiary/aromatic N) is 1. The number of nitrogens with one attached hydrogen (secondary N) is 1. The van der Waals surface area contributed by atoms with Crippen LogP contribution in [0.15, 0.2) is 65.3 Å². The topological polar surface area (TPSA) is 90.2 Å². The summed E-state index contributed by atoms with van der Waals surface area (Å²) in [6.45, 7) is 0.295. The molecule has 1 aliphatic rings. The van der Waals surface area contributed by atoms with Gasteiger partial charge in [0.15, 0.2) is 17.3 Å². The van der Waals surface area contributed by atoms with Crippen LogP contribution in [0.2, 0.25) is 0 Å². The fraction of sp³-hybridized carbons (Fsp3) is 0.400. The minimum Gasteiger partial charge on any atom is -0.493 e. The van der Waals surface area contributed by atoms with Crippen LogP contribution in [0.4, 0.5) is 0 Å². The van der Waals surface area contributed by atoms with Crippen LogP contribution in [-0.2, 0) is 11.2 Å². The van der Waals surface area contributed by atoms with Gasteiger partial charge in [0.2, 0.25) is 11.7 Å². The zero-order chi connectivity index (χ0) is 26.9. The second-order valence-corrected chi connectivity index (χ2v) is 9.42. The summed E-state index contributed by atoms with van der Waals surface area (Å²) in [4.78, 5) is 29.5. The van der Waals surface area contributed by atoms with Crippen LogP contribution in [-0.4, -0.2) is 50.6 Å². The van der Waals surface area contributed by atoms with E-state index < -0.39 is 6.04 Å². The number of hydrogen-bond donors (Lipinski definition) is 1. The first-order chi connectivity index (χ1) is 18.5. The molecule has 202 valence electrons. The lowest BCUT2D eigenvalue weighted by atomic mass is 9.94. The maximum absolute atomic E-state index is 14.0. The molecule has 3 aromatic rings. The number of rotatable bonds is 11. The van der Waals surface area contributed by atoms with Gasteiger partial charge in [-0.05, 0) is 54.7 Å². The van der Waals surface area contributed by atoms with Crippen molar-refractivity contribution in [2.24, 2.45) is 0 Å². The summed E-state index contributed by atoms with van der Waals surface area (Å²) in [5.41, 5.74) is 1.61. The Bertz CT molecular complexity index is 1160. The van der Waals surface area contributed by atoms with E-state index in [0.717, 1.165) is 31.2 Å². The summed E-state index contributed by atoms with van der Waals surface area (Å²) in [5, 5.41) is 3.22. The van der Waals surface area contributed by atoms with Crippen molar-refractivity contribution in [1.29, 1.82) is 0 Å². The lowest BCUT2D eigenvalue weighted by Crippen LogP contribution is -2.47. The second kappa shape index (κ2) is 13.0. The van der Waals surface area contributed by atoms with Gasteiger partial charge in [0, 0.05) is 12.6 Å². The lowest BCUT2D eigenvalue weighted by Gasteiger charge is -2.33. The van der Waals surface area contributed by atoms with Crippen molar-refractivity contribution >= 4 is 11.8 Å². The summed E-state index contributed by atoms with van der Waals surface area (Å²) in [6.07, 6.45) is 7.17. The first-order valence-electron chi connectivity index (χ1n) is 13.0. The molecular weight excluding hydrogens is 484 g/mol. The fourth-order valence-electron chi connectivity index (χ4n) is 5.04. The molecule has 4 rings (SSSR count). The summed E-state index contributed by atoms with van der Waals surface area (Å²) in [6, 6.07) is 15.7. The number of benzene rings is 2. The number of hydrogen-bond acceptors (Lipinski definition) is 6. The third-order valence-corrected chi connectivity index (χ3v) is 6.99. The molecule has 0 radical (unpaired) electrons. The Morgan fingerprint density at radius 2 is 1.63 bits per heavy atom. The van der Waals surface area contributed by atoms with Gasteiger partial charge in [0.1, 0.15) is 6.04 Å². The predicted molar refractivity (Wildman–Crippen MR) is 144 cm³/mol. The van der Waals surface area contributed by atoms with Crippen LogP contribution < -0.4 is 19.5 Å². The van der Waals surface area contributed by atoms with Crippen molar-refractivity contribution in [3.8, 4) is 17.2 Å². The molecule has 2 amide bonds. The molecule has 1 saturated carbocycles. The van der Waals surface area contributed by atoms with Crippen LogP contribution in [0.25, 0.3) is 0 Å². The molecule has 0 bridgehead atoms. The number of methoxy groups -OCH3 is 3. The highest BCUT2D eigenvalue weighted by molar-refractivity contribution is 5.96. The Labute approximate surface area is 223 Å². The molecule has 1 fully saturated rings. The molecule has 1 aliphatic carbocycles. The highest BCUT2D eigenvalue weighted by Crippen LogP contribution is 2.41. The normalized spacial score (nSPS) is 14.4. The quantitative estimate of drug-likeness (QED) is 0.375. The van der Waals surface area contributed by atoms with Crippen LogP contribution in [0, 0.1) is 0 Å². The first kappa shape index (κ1) is 27.1. The van der Waals surface area contributed by atoms with Crippen molar-refractivity contribution in [2.75, 3.05) is 27.9 Å². The smallest absolute Gasteiger partial charge is 0.290 e. The molecule has 38 heavy (non-hydrogen) atoms. The van der Waals surface area contributed by atoms with Gasteiger partial charge in [-0.15, -0.1) is 0 Å². The zero-order valence-corrected chi connectivity index (χ0v) is 22.3. The van der Waals surface area contributed by atoms with Gasteiger partial charge in [-0.1, -0.05) is 49.6 Å². The maximum Gasteiger partial charge on any atom is 0.290 e. The van der Waals surface area contributed by atoms with Gasteiger partial charge < -0.3 is 28.8 Å². The zero-order valence-electron chi connectivity index (χ0n) is 22.3.